The van der Waals surface area contributed by atoms with Crippen LogP contribution in [0, 0.1) is 0 Å². The minimum Gasteiger partial charge on any atom is -0.496 e. The number of nitrogens with zero attached hydrogens (tertiary/aromatic N) is 4. The number of ether oxygens (including phenoxy) is 1. The number of amides is 2. The van der Waals surface area contributed by atoms with Gasteiger partial charge in [-0.2, -0.15) is 0 Å². The standard InChI is InChI=1S/C27H31N5O3S/c1-35-24-11-10-19(18-7-3-2-4-8-18)15-20(24)22-17-36-27(30-22)31-25(33)23-9-5-6-14-32(23)26(34)21-16-28-12-13-29-21/h10-13,15-18,23H,2-9,14H2,1H3,(H,30,31,33). The van der Waals surface area contributed by atoms with Gasteiger partial charge in [-0.15, -0.1) is 11.3 Å². The number of carbonyl (C=O) groups excluding carboxylic acids is 2. The van der Waals surface area contributed by atoms with Crippen LogP contribution in [-0.2, 0) is 4.79 Å². The second-order valence-electron chi connectivity index (χ2n) is 9.42. The highest BCUT2D eigenvalue weighted by Crippen LogP contribution is 2.38. The molecule has 9 heteroatoms. The first-order valence-electron chi connectivity index (χ1n) is 12.7. The molecule has 1 saturated carbocycles. The van der Waals surface area contributed by atoms with Gasteiger partial charge >= 0.3 is 0 Å². The van der Waals surface area contributed by atoms with Crippen LogP contribution in [0.2, 0.25) is 0 Å². The Balaban J connectivity index is 1.33. The van der Waals surface area contributed by atoms with Crippen molar-refractivity contribution in [1.29, 1.82) is 0 Å². The third-order valence-corrected chi connectivity index (χ3v) is 7.92. The Bertz CT molecular complexity index is 1210. The van der Waals surface area contributed by atoms with E-state index in [0.29, 0.717) is 24.0 Å². The van der Waals surface area contributed by atoms with Crippen molar-refractivity contribution in [3.05, 3.63) is 53.4 Å². The number of piperidine rings is 1. The molecule has 1 aliphatic carbocycles. The lowest BCUT2D eigenvalue weighted by molar-refractivity contribution is -0.121. The first-order chi connectivity index (χ1) is 17.6. The highest BCUT2D eigenvalue weighted by molar-refractivity contribution is 7.14. The van der Waals surface area contributed by atoms with E-state index in [4.69, 9.17) is 9.72 Å². The summed E-state index contributed by atoms with van der Waals surface area (Å²) < 4.78 is 5.63. The van der Waals surface area contributed by atoms with E-state index in [-0.39, 0.29) is 17.5 Å². The summed E-state index contributed by atoms with van der Waals surface area (Å²) in [6.07, 6.45) is 13.1. The lowest BCUT2D eigenvalue weighted by atomic mass is 9.83. The van der Waals surface area contributed by atoms with E-state index in [2.05, 4.69) is 27.4 Å². The Labute approximate surface area is 215 Å². The Morgan fingerprint density at radius 1 is 1.08 bits per heavy atom. The van der Waals surface area contributed by atoms with Crippen molar-refractivity contribution in [3.8, 4) is 17.0 Å². The van der Waals surface area contributed by atoms with Crippen molar-refractivity contribution in [2.45, 2.75) is 63.3 Å². The maximum absolute atomic E-state index is 13.2. The molecule has 188 valence electrons. The lowest BCUT2D eigenvalue weighted by Crippen LogP contribution is -2.50. The predicted octanol–water partition coefficient (Wildman–Crippen LogP) is 5.29. The number of benzene rings is 1. The molecule has 1 aromatic carbocycles. The van der Waals surface area contributed by atoms with Crippen molar-refractivity contribution < 1.29 is 14.3 Å². The number of thiazole rings is 1. The van der Waals surface area contributed by atoms with Gasteiger partial charge in [-0.3, -0.25) is 14.6 Å². The zero-order chi connectivity index (χ0) is 24.9. The Hall–Kier alpha value is -3.33. The van der Waals surface area contributed by atoms with Crippen LogP contribution in [0.25, 0.3) is 11.3 Å². The summed E-state index contributed by atoms with van der Waals surface area (Å²) in [6.45, 7) is 0.516. The monoisotopic (exact) mass is 505 g/mol. The average Bonchev–Trinajstić information content (AvgIpc) is 3.41. The molecule has 0 radical (unpaired) electrons. The molecule has 2 amide bonds. The molecule has 3 heterocycles. The molecule has 1 atom stereocenters. The zero-order valence-electron chi connectivity index (χ0n) is 20.5. The number of hydrogen-bond acceptors (Lipinski definition) is 7. The van der Waals surface area contributed by atoms with Gasteiger partial charge in [-0.25, -0.2) is 9.97 Å². The van der Waals surface area contributed by atoms with Crippen LogP contribution in [0.4, 0.5) is 5.13 Å². The van der Waals surface area contributed by atoms with E-state index in [1.165, 1.54) is 67.6 Å². The summed E-state index contributed by atoms with van der Waals surface area (Å²) in [5.41, 5.74) is 3.29. The molecular formula is C27H31N5O3S. The van der Waals surface area contributed by atoms with Crippen molar-refractivity contribution in [2.24, 2.45) is 0 Å². The smallest absolute Gasteiger partial charge is 0.274 e. The molecule has 0 spiro atoms. The number of anilines is 1. The van der Waals surface area contributed by atoms with E-state index in [1.807, 2.05) is 11.4 Å². The minimum absolute atomic E-state index is 0.226. The van der Waals surface area contributed by atoms with Crippen molar-refractivity contribution in [1.82, 2.24) is 19.9 Å². The Morgan fingerprint density at radius 3 is 2.69 bits per heavy atom. The number of rotatable bonds is 6. The number of carbonyl (C=O) groups is 2. The van der Waals surface area contributed by atoms with Gasteiger partial charge in [0.1, 0.15) is 17.5 Å². The third kappa shape index (κ3) is 5.26. The maximum atomic E-state index is 13.2. The molecule has 5 rings (SSSR count). The molecule has 8 nitrogen and oxygen atoms in total. The molecule has 36 heavy (non-hydrogen) atoms. The van der Waals surface area contributed by atoms with E-state index < -0.39 is 6.04 Å². The SMILES string of the molecule is COc1ccc(C2CCCCC2)cc1-c1csc(NC(=O)C2CCCCN2C(=O)c2cnccn2)n1. The van der Waals surface area contributed by atoms with E-state index in [9.17, 15) is 9.59 Å². The van der Waals surface area contributed by atoms with Gasteiger partial charge in [0.25, 0.3) is 5.91 Å². The summed E-state index contributed by atoms with van der Waals surface area (Å²) in [7, 11) is 1.67. The average molecular weight is 506 g/mol. The molecule has 1 saturated heterocycles. The molecule has 2 aromatic heterocycles. The van der Waals surface area contributed by atoms with Gasteiger partial charge in [0.05, 0.1) is 19.0 Å². The largest absolute Gasteiger partial charge is 0.496 e. The second-order valence-corrected chi connectivity index (χ2v) is 10.3. The van der Waals surface area contributed by atoms with Crippen LogP contribution < -0.4 is 10.1 Å². The molecule has 2 aliphatic rings. The third-order valence-electron chi connectivity index (χ3n) is 7.16. The van der Waals surface area contributed by atoms with Crippen molar-refractivity contribution >= 4 is 28.3 Å². The van der Waals surface area contributed by atoms with Gasteiger partial charge in [0, 0.05) is 29.9 Å². The quantitative estimate of drug-likeness (QED) is 0.489. The molecule has 3 aromatic rings. The minimum atomic E-state index is -0.565. The van der Waals surface area contributed by atoms with Gasteiger partial charge < -0.3 is 15.0 Å². The first-order valence-corrected chi connectivity index (χ1v) is 13.5. The summed E-state index contributed by atoms with van der Waals surface area (Å²) in [5, 5.41) is 5.41. The van der Waals surface area contributed by atoms with Gasteiger partial charge in [0.15, 0.2) is 5.13 Å². The number of likely N-dealkylation sites (tertiary alicyclic amines) is 1. The van der Waals surface area contributed by atoms with Crippen LogP contribution >= 0.6 is 11.3 Å². The highest BCUT2D eigenvalue weighted by atomic mass is 32.1. The Morgan fingerprint density at radius 2 is 1.92 bits per heavy atom. The van der Waals surface area contributed by atoms with Crippen molar-refractivity contribution in [2.75, 3.05) is 19.0 Å². The fourth-order valence-corrected chi connectivity index (χ4v) is 5.98. The number of nitrogens with one attached hydrogen (secondary N) is 1. The summed E-state index contributed by atoms with van der Waals surface area (Å²) in [5.74, 6) is 0.846. The lowest BCUT2D eigenvalue weighted by Gasteiger charge is -2.34. The predicted molar refractivity (Wildman–Crippen MR) is 139 cm³/mol. The second kappa shape index (κ2) is 11.2. The summed E-state index contributed by atoms with van der Waals surface area (Å²) >= 11 is 1.38. The molecule has 1 unspecified atom stereocenters. The van der Waals surface area contributed by atoms with E-state index in [0.717, 1.165) is 29.8 Å². The van der Waals surface area contributed by atoms with Crippen LogP contribution in [-0.4, -0.2) is 51.4 Å². The zero-order valence-corrected chi connectivity index (χ0v) is 21.3. The van der Waals surface area contributed by atoms with E-state index >= 15 is 0 Å². The molecular weight excluding hydrogens is 474 g/mol. The maximum Gasteiger partial charge on any atom is 0.274 e. The van der Waals surface area contributed by atoms with E-state index in [1.54, 1.807) is 12.0 Å². The summed E-state index contributed by atoms with van der Waals surface area (Å²) in [6, 6.07) is 5.82. The van der Waals surface area contributed by atoms with Gasteiger partial charge in [0.2, 0.25) is 5.91 Å². The highest BCUT2D eigenvalue weighted by Gasteiger charge is 2.33. The first kappa shape index (κ1) is 24.4. The molecule has 2 fully saturated rings. The molecule has 1 N–H and O–H groups in total. The number of methoxy groups -OCH3 is 1. The van der Waals surface area contributed by atoms with Crippen LogP contribution in [0.1, 0.15) is 73.3 Å². The van der Waals surface area contributed by atoms with Crippen LogP contribution in [0.3, 0.4) is 0 Å². The van der Waals surface area contributed by atoms with Crippen molar-refractivity contribution in [3.63, 3.8) is 0 Å². The topological polar surface area (TPSA) is 97.3 Å². The van der Waals surface area contributed by atoms with Crippen LogP contribution in [0.5, 0.6) is 5.75 Å². The Kier molecular flexibility index (Phi) is 7.55. The van der Waals surface area contributed by atoms with Gasteiger partial charge in [-0.05, 0) is 55.7 Å². The number of hydrogen-bond donors (Lipinski definition) is 1. The number of aromatic nitrogens is 3. The molecule has 0 bridgehead atoms. The normalized spacial score (nSPS) is 18.6. The van der Waals surface area contributed by atoms with Gasteiger partial charge in [-0.1, -0.05) is 25.3 Å². The fraction of sp³-hybridized carbons (Fsp3) is 0.444. The van der Waals surface area contributed by atoms with Crippen LogP contribution in [0.15, 0.2) is 42.2 Å². The fourth-order valence-electron chi connectivity index (χ4n) is 5.26. The summed E-state index contributed by atoms with van der Waals surface area (Å²) in [4.78, 5) is 40.7. The molecule has 1 aliphatic heterocycles.